The van der Waals surface area contributed by atoms with Crippen molar-refractivity contribution in [2.75, 3.05) is 11.5 Å². The molecule has 0 aliphatic rings. The average Bonchev–Trinajstić information content (AvgIpc) is 2.22. The molecule has 0 aliphatic carbocycles. The van der Waals surface area contributed by atoms with Crippen LogP contribution in [0.1, 0.15) is 23.7 Å². The first-order chi connectivity index (χ1) is 7.15. The van der Waals surface area contributed by atoms with Crippen LogP contribution in [0.3, 0.4) is 0 Å². The third-order valence-electron chi connectivity index (χ3n) is 1.82. The number of hydrogen-bond donors (Lipinski definition) is 0. The van der Waals surface area contributed by atoms with Crippen LogP contribution in [0.4, 0.5) is 0 Å². The third kappa shape index (κ3) is 4.06. The summed E-state index contributed by atoms with van der Waals surface area (Å²) in [5.74, 6) is 1.62. The molecule has 0 aromatic heterocycles. The Labute approximate surface area is 104 Å². The molecule has 0 bridgehead atoms. The van der Waals surface area contributed by atoms with E-state index in [1.807, 2.05) is 0 Å². The standard InChI is InChI=1S/C11H12Cl2OS/c1-2-5-15-7-11(14)8-3-4-9(12)10(13)6-8/h3-4,6H,2,5,7H2,1H3. The van der Waals surface area contributed by atoms with Crippen molar-refractivity contribution >= 4 is 40.7 Å². The summed E-state index contributed by atoms with van der Waals surface area (Å²) in [6.45, 7) is 2.09. The van der Waals surface area contributed by atoms with Crippen LogP contribution >= 0.6 is 35.0 Å². The van der Waals surface area contributed by atoms with E-state index in [9.17, 15) is 4.79 Å². The van der Waals surface area contributed by atoms with Crippen LogP contribution in [0.5, 0.6) is 0 Å². The Morgan fingerprint density at radius 3 is 2.67 bits per heavy atom. The molecular weight excluding hydrogens is 251 g/mol. The number of Topliss-reactive ketones (excluding diaryl/α,β-unsaturated/α-hetero) is 1. The van der Waals surface area contributed by atoms with Gasteiger partial charge in [0, 0.05) is 5.56 Å². The summed E-state index contributed by atoms with van der Waals surface area (Å²) < 4.78 is 0. The van der Waals surface area contributed by atoms with E-state index in [4.69, 9.17) is 23.2 Å². The van der Waals surface area contributed by atoms with Gasteiger partial charge >= 0.3 is 0 Å². The van der Waals surface area contributed by atoms with Crippen LogP contribution in [-0.2, 0) is 0 Å². The van der Waals surface area contributed by atoms with Crippen molar-refractivity contribution in [3.63, 3.8) is 0 Å². The second-order valence-corrected chi connectivity index (χ2v) is 5.02. The van der Waals surface area contributed by atoms with E-state index in [0.717, 1.165) is 12.2 Å². The van der Waals surface area contributed by atoms with Gasteiger partial charge in [-0.3, -0.25) is 4.79 Å². The van der Waals surface area contributed by atoms with Crippen molar-refractivity contribution in [2.45, 2.75) is 13.3 Å². The molecule has 15 heavy (non-hydrogen) atoms. The summed E-state index contributed by atoms with van der Waals surface area (Å²) in [6, 6.07) is 4.99. The fourth-order valence-corrected chi connectivity index (χ4v) is 2.15. The fraction of sp³-hybridized carbons (Fsp3) is 0.364. The first-order valence-electron chi connectivity index (χ1n) is 4.71. The first kappa shape index (κ1) is 12.9. The van der Waals surface area contributed by atoms with Gasteiger partial charge in [-0.05, 0) is 30.4 Å². The molecule has 1 nitrogen and oxygen atoms in total. The molecule has 4 heteroatoms. The molecule has 0 atom stereocenters. The highest BCUT2D eigenvalue weighted by Gasteiger charge is 2.07. The van der Waals surface area contributed by atoms with E-state index < -0.39 is 0 Å². The predicted octanol–water partition coefficient (Wildman–Crippen LogP) is 4.32. The quantitative estimate of drug-likeness (QED) is 0.581. The van der Waals surface area contributed by atoms with Crippen molar-refractivity contribution in [3.05, 3.63) is 33.8 Å². The van der Waals surface area contributed by atoms with E-state index >= 15 is 0 Å². The van der Waals surface area contributed by atoms with E-state index in [0.29, 0.717) is 21.4 Å². The number of carbonyl (C=O) groups excluding carboxylic acids is 1. The van der Waals surface area contributed by atoms with Crippen LogP contribution < -0.4 is 0 Å². The lowest BCUT2D eigenvalue weighted by atomic mass is 10.1. The molecular formula is C11H12Cl2OS. The summed E-state index contributed by atoms with van der Waals surface area (Å²) in [4.78, 5) is 11.7. The lowest BCUT2D eigenvalue weighted by Gasteiger charge is -2.02. The zero-order valence-corrected chi connectivity index (χ0v) is 10.8. The summed E-state index contributed by atoms with van der Waals surface area (Å²) in [5, 5.41) is 0.914. The van der Waals surface area contributed by atoms with Gasteiger partial charge in [-0.15, -0.1) is 0 Å². The van der Waals surface area contributed by atoms with Gasteiger partial charge < -0.3 is 0 Å². The molecule has 1 rings (SSSR count). The molecule has 0 saturated heterocycles. The molecule has 0 fully saturated rings. The Bertz CT molecular complexity index is 352. The van der Waals surface area contributed by atoms with Gasteiger partial charge in [0.1, 0.15) is 0 Å². The minimum Gasteiger partial charge on any atom is -0.293 e. The highest BCUT2D eigenvalue weighted by Crippen LogP contribution is 2.23. The normalized spacial score (nSPS) is 10.3. The highest BCUT2D eigenvalue weighted by atomic mass is 35.5. The monoisotopic (exact) mass is 262 g/mol. The van der Waals surface area contributed by atoms with Crippen LogP contribution in [0.25, 0.3) is 0 Å². The predicted molar refractivity (Wildman–Crippen MR) is 68.4 cm³/mol. The largest absolute Gasteiger partial charge is 0.293 e. The molecule has 0 N–H and O–H groups in total. The highest BCUT2D eigenvalue weighted by molar-refractivity contribution is 7.99. The number of halogens is 2. The molecule has 1 aromatic rings. The van der Waals surface area contributed by atoms with Gasteiger partial charge in [0.05, 0.1) is 15.8 Å². The Morgan fingerprint density at radius 1 is 1.33 bits per heavy atom. The van der Waals surface area contributed by atoms with E-state index in [1.165, 1.54) is 0 Å². The summed E-state index contributed by atoms with van der Waals surface area (Å²) in [6.07, 6.45) is 1.08. The summed E-state index contributed by atoms with van der Waals surface area (Å²) in [5.41, 5.74) is 0.632. The molecule has 82 valence electrons. The van der Waals surface area contributed by atoms with Gasteiger partial charge in [-0.25, -0.2) is 0 Å². The van der Waals surface area contributed by atoms with Gasteiger partial charge in [0.2, 0.25) is 0 Å². The molecule has 0 saturated carbocycles. The lowest BCUT2D eigenvalue weighted by Crippen LogP contribution is -2.02. The van der Waals surface area contributed by atoms with Crippen LogP contribution in [-0.4, -0.2) is 17.3 Å². The smallest absolute Gasteiger partial charge is 0.172 e. The molecule has 1 aromatic carbocycles. The van der Waals surface area contributed by atoms with Crippen LogP contribution in [0.15, 0.2) is 18.2 Å². The Morgan fingerprint density at radius 2 is 2.07 bits per heavy atom. The van der Waals surface area contributed by atoms with Crippen molar-refractivity contribution in [1.29, 1.82) is 0 Å². The number of thioether (sulfide) groups is 1. The second-order valence-electron chi connectivity index (χ2n) is 3.10. The Balaban J connectivity index is 2.62. The van der Waals surface area contributed by atoms with Crippen LogP contribution in [0.2, 0.25) is 10.0 Å². The fourth-order valence-electron chi connectivity index (χ4n) is 1.06. The number of ketones is 1. The van der Waals surface area contributed by atoms with Gasteiger partial charge in [0.25, 0.3) is 0 Å². The lowest BCUT2D eigenvalue weighted by molar-refractivity contribution is 0.102. The zero-order valence-electron chi connectivity index (χ0n) is 8.43. The number of carbonyl (C=O) groups is 1. The van der Waals surface area contributed by atoms with Gasteiger partial charge in [-0.2, -0.15) is 11.8 Å². The minimum atomic E-state index is 0.104. The van der Waals surface area contributed by atoms with Gasteiger partial charge in [0.15, 0.2) is 5.78 Å². The average molecular weight is 263 g/mol. The van der Waals surface area contributed by atoms with Crippen molar-refractivity contribution in [3.8, 4) is 0 Å². The molecule has 0 radical (unpaired) electrons. The van der Waals surface area contributed by atoms with Crippen LogP contribution in [0, 0.1) is 0 Å². The zero-order chi connectivity index (χ0) is 11.3. The SMILES string of the molecule is CCCSCC(=O)c1ccc(Cl)c(Cl)c1. The van der Waals surface area contributed by atoms with Crippen molar-refractivity contribution in [2.24, 2.45) is 0 Å². The van der Waals surface area contributed by atoms with Crippen molar-refractivity contribution < 1.29 is 4.79 Å². The van der Waals surface area contributed by atoms with E-state index in [2.05, 4.69) is 6.92 Å². The minimum absolute atomic E-state index is 0.104. The Kier molecular flexibility index (Phi) is 5.51. The molecule has 0 unspecified atom stereocenters. The van der Waals surface area contributed by atoms with E-state index in [-0.39, 0.29) is 5.78 Å². The summed E-state index contributed by atoms with van der Waals surface area (Å²) >= 11 is 13.2. The number of rotatable bonds is 5. The number of benzene rings is 1. The van der Waals surface area contributed by atoms with Crippen molar-refractivity contribution in [1.82, 2.24) is 0 Å². The second kappa shape index (κ2) is 6.41. The number of hydrogen-bond acceptors (Lipinski definition) is 2. The first-order valence-corrected chi connectivity index (χ1v) is 6.62. The molecule has 0 amide bonds. The Hall–Kier alpha value is -0.180. The maximum Gasteiger partial charge on any atom is 0.172 e. The maximum absolute atomic E-state index is 11.7. The third-order valence-corrected chi connectivity index (χ3v) is 3.73. The molecule has 0 spiro atoms. The maximum atomic E-state index is 11.7. The topological polar surface area (TPSA) is 17.1 Å². The molecule has 0 heterocycles. The van der Waals surface area contributed by atoms with E-state index in [1.54, 1.807) is 30.0 Å². The molecule has 0 aliphatic heterocycles. The summed E-state index contributed by atoms with van der Waals surface area (Å²) in [7, 11) is 0. The van der Waals surface area contributed by atoms with Gasteiger partial charge in [-0.1, -0.05) is 30.1 Å².